The molecule has 0 radical (unpaired) electrons. The number of amides is 4. The first kappa shape index (κ1) is 16.4. The molecule has 3 N–H and O–H groups in total. The van der Waals surface area contributed by atoms with Crippen LogP contribution in [0.25, 0.3) is 0 Å². The Morgan fingerprint density at radius 2 is 1.83 bits per heavy atom. The highest BCUT2D eigenvalue weighted by molar-refractivity contribution is 6.19. The summed E-state index contributed by atoms with van der Waals surface area (Å²) in [7, 11) is 0. The van der Waals surface area contributed by atoms with E-state index in [1.165, 1.54) is 6.08 Å². The summed E-state index contributed by atoms with van der Waals surface area (Å²) in [6, 6.07) is -0.551. The molecule has 0 aromatic rings. The number of alkyl halides is 1. The lowest BCUT2D eigenvalue weighted by Crippen LogP contribution is -2.40. The third-order valence-electron chi connectivity index (χ3n) is 1.83. The molecule has 0 aliphatic carbocycles. The number of carbonyl (C=O) groups is 3. The maximum atomic E-state index is 11.1. The van der Waals surface area contributed by atoms with Crippen molar-refractivity contribution in [2.24, 2.45) is 0 Å². The van der Waals surface area contributed by atoms with Crippen LogP contribution in [0, 0.1) is 0 Å². The van der Waals surface area contributed by atoms with Gasteiger partial charge >= 0.3 is 6.03 Å². The molecule has 7 heteroatoms. The normalized spacial score (nSPS) is 10.1. The Morgan fingerprint density at radius 3 is 2.44 bits per heavy atom. The summed E-state index contributed by atoms with van der Waals surface area (Å²) in [5, 5.41) is 7.26. The number of imide groups is 1. The molecule has 0 aromatic carbocycles. The highest BCUT2D eigenvalue weighted by Crippen LogP contribution is 1.84. The average Bonchev–Trinajstić information content (AvgIpc) is 2.29. The minimum Gasteiger partial charge on any atom is -0.352 e. The van der Waals surface area contributed by atoms with Crippen LogP contribution in [0.2, 0.25) is 0 Å². The highest BCUT2D eigenvalue weighted by Gasteiger charge is 2.05. The van der Waals surface area contributed by atoms with Gasteiger partial charge in [0.1, 0.15) is 0 Å². The van der Waals surface area contributed by atoms with Crippen LogP contribution in [0.4, 0.5) is 4.79 Å². The van der Waals surface area contributed by atoms with Gasteiger partial charge in [0.25, 0.3) is 0 Å². The number of halogens is 1. The van der Waals surface area contributed by atoms with Crippen LogP contribution >= 0.6 is 11.6 Å². The van der Waals surface area contributed by atoms with E-state index in [9.17, 15) is 14.4 Å². The number of hydrogen-bond donors (Lipinski definition) is 3. The van der Waals surface area contributed by atoms with E-state index in [4.69, 9.17) is 11.6 Å². The van der Waals surface area contributed by atoms with Crippen LogP contribution in [0.15, 0.2) is 12.2 Å². The van der Waals surface area contributed by atoms with Crippen molar-refractivity contribution in [2.75, 3.05) is 19.0 Å². The lowest BCUT2D eigenvalue weighted by atomic mass is 10.4. The second kappa shape index (κ2) is 10.6. The van der Waals surface area contributed by atoms with Crippen LogP contribution in [-0.4, -0.2) is 36.8 Å². The Bertz CT molecular complexity index is 319. The Labute approximate surface area is 111 Å². The SMILES string of the molecule is CC=CC(=O)NCCCNC(=O)NC(=O)CCCl. The number of carbonyl (C=O) groups excluding carboxylic acids is 3. The van der Waals surface area contributed by atoms with Gasteiger partial charge in [-0.05, 0) is 19.4 Å². The molecule has 4 amide bonds. The van der Waals surface area contributed by atoms with Crippen LogP contribution in [0.1, 0.15) is 19.8 Å². The van der Waals surface area contributed by atoms with E-state index < -0.39 is 11.9 Å². The van der Waals surface area contributed by atoms with Crippen LogP contribution in [0.5, 0.6) is 0 Å². The zero-order valence-corrected chi connectivity index (χ0v) is 11.0. The summed E-state index contributed by atoms with van der Waals surface area (Å²) in [6.45, 7) is 2.58. The van der Waals surface area contributed by atoms with E-state index in [2.05, 4.69) is 16.0 Å². The molecule has 0 atom stereocenters. The standard InChI is InChI=1S/C11H18ClN3O3/c1-2-4-9(16)13-7-3-8-14-11(18)15-10(17)5-6-12/h2,4H,3,5-8H2,1H3,(H,13,16)(H2,14,15,17,18). The van der Waals surface area contributed by atoms with Gasteiger partial charge in [0.2, 0.25) is 11.8 Å². The topological polar surface area (TPSA) is 87.3 Å². The quantitative estimate of drug-likeness (QED) is 0.360. The second-order valence-electron chi connectivity index (χ2n) is 3.39. The van der Waals surface area contributed by atoms with E-state index in [-0.39, 0.29) is 18.2 Å². The lowest BCUT2D eigenvalue weighted by Gasteiger charge is -2.06. The average molecular weight is 276 g/mol. The molecule has 0 saturated carbocycles. The predicted molar refractivity (Wildman–Crippen MR) is 69.3 cm³/mol. The van der Waals surface area contributed by atoms with Crippen LogP contribution < -0.4 is 16.0 Å². The second-order valence-corrected chi connectivity index (χ2v) is 3.77. The van der Waals surface area contributed by atoms with Crippen molar-refractivity contribution < 1.29 is 14.4 Å². The summed E-state index contributed by atoms with van der Waals surface area (Å²) >= 11 is 5.34. The molecule has 0 unspecified atom stereocenters. The summed E-state index contributed by atoms with van der Waals surface area (Å²) in [5.74, 6) is -0.404. The lowest BCUT2D eigenvalue weighted by molar-refractivity contribution is -0.119. The molecule has 6 nitrogen and oxygen atoms in total. The van der Waals surface area contributed by atoms with Crippen molar-refractivity contribution in [3.05, 3.63) is 12.2 Å². The van der Waals surface area contributed by atoms with Crippen molar-refractivity contribution in [1.82, 2.24) is 16.0 Å². The molecule has 0 saturated heterocycles. The van der Waals surface area contributed by atoms with Gasteiger partial charge in [0.15, 0.2) is 0 Å². The van der Waals surface area contributed by atoms with Crippen molar-refractivity contribution in [3.63, 3.8) is 0 Å². The van der Waals surface area contributed by atoms with Gasteiger partial charge in [0, 0.05) is 25.4 Å². The summed E-state index contributed by atoms with van der Waals surface area (Å²) in [6.07, 6.45) is 3.75. The fourth-order valence-electron chi connectivity index (χ4n) is 1.03. The van der Waals surface area contributed by atoms with Crippen LogP contribution in [0.3, 0.4) is 0 Å². The third kappa shape index (κ3) is 9.65. The van der Waals surface area contributed by atoms with E-state index in [0.717, 1.165) is 0 Å². The van der Waals surface area contributed by atoms with Gasteiger partial charge in [-0.15, -0.1) is 11.6 Å². The van der Waals surface area contributed by atoms with Gasteiger partial charge in [-0.2, -0.15) is 0 Å². The molecular formula is C11H18ClN3O3. The van der Waals surface area contributed by atoms with E-state index in [1.807, 2.05) is 0 Å². The number of urea groups is 1. The first-order valence-electron chi connectivity index (χ1n) is 5.64. The smallest absolute Gasteiger partial charge is 0.321 e. The molecule has 102 valence electrons. The number of rotatable bonds is 7. The van der Waals surface area contributed by atoms with Gasteiger partial charge < -0.3 is 10.6 Å². The number of hydrogen-bond acceptors (Lipinski definition) is 3. The molecule has 0 aliphatic rings. The zero-order chi connectivity index (χ0) is 13.8. The van der Waals surface area contributed by atoms with Crippen molar-refractivity contribution in [3.8, 4) is 0 Å². The Hall–Kier alpha value is -1.56. The first-order valence-corrected chi connectivity index (χ1v) is 6.17. The molecule has 0 aromatic heterocycles. The Balaban J connectivity index is 3.51. The van der Waals surface area contributed by atoms with Crippen molar-refractivity contribution >= 4 is 29.4 Å². The molecule has 0 rings (SSSR count). The monoisotopic (exact) mass is 275 g/mol. The minimum atomic E-state index is -0.551. The maximum absolute atomic E-state index is 11.1. The summed E-state index contributed by atoms with van der Waals surface area (Å²) in [4.78, 5) is 33.1. The molecule has 0 fully saturated rings. The molecule has 18 heavy (non-hydrogen) atoms. The Kier molecular flexibility index (Phi) is 9.67. The van der Waals surface area contributed by atoms with E-state index in [1.54, 1.807) is 13.0 Å². The van der Waals surface area contributed by atoms with Crippen molar-refractivity contribution in [2.45, 2.75) is 19.8 Å². The molecule has 0 heterocycles. The zero-order valence-electron chi connectivity index (χ0n) is 10.3. The maximum Gasteiger partial charge on any atom is 0.321 e. The van der Waals surface area contributed by atoms with Gasteiger partial charge in [0.05, 0.1) is 0 Å². The number of nitrogens with one attached hydrogen (secondary N) is 3. The molecule has 0 spiro atoms. The van der Waals surface area contributed by atoms with Gasteiger partial charge in [-0.25, -0.2) is 4.79 Å². The third-order valence-corrected chi connectivity index (χ3v) is 2.02. The predicted octanol–water partition coefficient (Wildman–Crippen LogP) is 0.523. The first-order chi connectivity index (χ1) is 8.60. The van der Waals surface area contributed by atoms with Crippen molar-refractivity contribution in [1.29, 1.82) is 0 Å². The fraction of sp³-hybridized carbons (Fsp3) is 0.545. The number of allylic oxidation sites excluding steroid dienone is 1. The highest BCUT2D eigenvalue weighted by atomic mass is 35.5. The summed E-state index contributed by atoms with van der Waals surface area (Å²) in [5.41, 5.74) is 0. The largest absolute Gasteiger partial charge is 0.352 e. The van der Waals surface area contributed by atoms with E-state index in [0.29, 0.717) is 19.5 Å². The minimum absolute atomic E-state index is 0.106. The fourth-order valence-corrected chi connectivity index (χ4v) is 1.20. The molecule has 0 aliphatic heterocycles. The molecule has 0 bridgehead atoms. The van der Waals surface area contributed by atoms with Gasteiger partial charge in [-0.3, -0.25) is 14.9 Å². The van der Waals surface area contributed by atoms with Gasteiger partial charge in [-0.1, -0.05) is 6.08 Å². The van der Waals surface area contributed by atoms with Crippen LogP contribution in [-0.2, 0) is 9.59 Å². The van der Waals surface area contributed by atoms with E-state index >= 15 is 0 Å². The molecular weight excluding hydrogens is 258 g/mol. The Morgan fingerprint density at radius 1 is 1.17 bits per heavy atom. The summed E-state index contributed by atoms with van der Waals surface area (Å²) < 4.78 is 0.